The minimum absolute atomic E-state index is 0.0878. The SMILES string of the molecule is Cn1ccnc1C(O)C1CCCN(c2cc(Cl)nc(N)n2)C1. The van der Waals surface area contributed by atoms with Crippen LogP contribution >= 0.6 is 11.6 Å². The summed E-state index contributed by atoms with van der Waals surface area (Å²) in [6, 6.07) is 1.70. The number of nitrogens with zero attached hydrogens (tertiary/aromatic N) is 5. The molecule has 0 bridgehead atoms. The molecule has 2 unspecified atom stereocenters. The third kappa shape index (κ3) is 3.00. The number of aromatic nitrogens is 4. The lowest BCUT2D eigenvalue weighted by Crippen LogP contribution is -2.39. The van der Waals surface area contributed by atoms with Gasteiger partial charge < -0.3 is 20.3 Å². The van der Waals surface area contributed by atoms with Gasteiger partial charge in [-0.2, -0.15) is 4.98 Å². The highest BCUT2D eigenvalue weighted by atomic mass is 35.5. The number of imidazole rings is 1. The zero-order valence-corrected chi connectivity index (χ0v) is 13.1. The van der Waals surface area contributed by atoms with Gasteiger partial charge in [-0.15, -0.1) is 0 Å². The first-order chi connectivity index (χ1) is 10.5. The molecule has 0 spiro atoms. The molecular formula is C14H19ClN6O. The van der Waals surface area contributed by atoms with E-state index in [9.17, 15) is 5.11 Å². The summed E-state index contributed by atoms with van der Waals surface area (Å²) < 4.78 is 1.85. The minimum atomic E-state index is -0.600. The minimum Gasteiger partial charge on any atom is -0.385 e. The Balaban J connectivity index is 1.78. The molecule has 2 aromatic rings. The molecule has 0 aromatic carbocycles. The summed E-state index contributed by atoms with van der Waals surface area (Å²) in [5.74, 6) is 1.64. The van der Waals surface area contributed by atoms with Gasteiger partial charge in [-0.05, 0) is 12.8 Å². The van der Waals surface area contributed by atoms with Crippen molar-refractivity contribution in [3.05, 3.63) is 29.4 Å². The molecular weight excluding hydrogens is 304 g/mol. The van der Waals surface area contributed by atoms with E-state index < -0.39 is 6.10 Å². The van der Waals surface area contributed by atoms with Crippen molar-refractivity contribution in [3.63, 3.8) is 0 Å². The van der Waals surface area contributed by atoms with Gasteiger partial charge in [0.1, 0.15) is 22.9 Å². The van der Waals surface area contributed by atoms with Gasteiger partial charge in [0.05, 0.1) is 0 Å². The predicted octanol–water partition coefficient (Wildman–Crippen LogP) is 1.40. The second-order valence-corrected chi connectivity index (χ2v) is 5.98. The Hall–Kier alpha value is -1.86. The molecule has 0 amide bonds. The number of piperidine rings is 1. The number of rotatable bonds is 3. The lowest BCUT2D eigenvalue weighted by molar-refractivity contribution is 0.0874. The fraction of sp³-hybridized carbons (Fsp3) is 0.500. The van der Waals surface area contributed by atoms with E-state index in [0.29, 0.717) is 23.3 Å². The van der Waals surface area contributed by atoms with Crippen LogP contribution < -0.4 is 10.6 Å². The number of aryl methyl sites for hydroxylation is 1. The number of halogens is 1. The van der Waals surface area contributed by atoms with E-state index in [1.807, 2.05) is 17.8 Å². The van der Waals surface area contributed by atoms with Gasteiger partial charge in [0.2, 0.25) is 5.95 Å². The molecule has 3 N–H and O–H groups in total. The summed E-state index contributed by atoms with van der Waals surface area (Å²) in [6.07, 6.45) is 4.85. The molecule has 8 heteroatoms. The highest BCUT2D eigenvalue weighted by Crippen LogP contribution is 2.31. The summed E-state index contributed by atoms with van der Waals surface area (Å²) in [6.45, 7) is 1.54. The first-order valence-electron chi connectivity index (χ1n) is 7.25. The number of hydrogen-bond acceptors (Lipinski definition) is 6. The number of aliphatic hydroxyl groups is 1. The van der Waals surface area contributed by atoms with Gasteiger partial charge in [0, 0.05) is 44.5 Å². The first-order valence-corrected chi connectivity index (χ1v) is 7.62. The van der Waals surface area contributed by atoms with Crippen LogP contribution in [-0.4, -0.2) is 37.7 Å². The molecule has 0 aliphatic carbocycles. The lowest BCUT2D eigenvalue weighted by Gasteiger charge is -2.35. The second kappa shape index (κ2) is 6.10. The van der Waals surface area contributed by atoms with Gasteiger partial charge in [-0.1, -0.05) is 11.6 Å². The largest absolute Gasteiger partial charge is 0.385 e. The summed E-state index contributed by atoms with van der Waals surface area (Å²) in [7, 11) is 1.89. The van der Waals surface area contributed by atoms with E-state index in [0.717, 1.165) is 19.4 Å². The average molecular weight is 323 g/mol. The third-order valence-corrected chi connectivity index (χ3v) is 4.24. The van der Waals surface area contributed by atoms with E-state index in [1.165, 1.54) is 0 Å². The van der Waals surface area contributed by atoms with E-state index in [1.54, 1.807) is 12.3 Å². The van der Waals surface area contributed by atoms with Crippen molar-refractivity contribution < 1.29 is 5.11 Å². The van der Waals surface area contributed by atoms with Crippen LogP contribution in [0.25, 0.3) is 0 Å². The quantitative estimate of drug-likeness (QED) is 0.830. The van der Waals surface area contributed by atoms with Crippen LogP contribution in [0.5, 0.6) is 0 Å². The molecule has 3 heterocycles. The highest BCUT2D eigenvalue weighted by Gasteiger charge is 2.29. The summed E-state index contributed by atoms with van der Waals surface area (Å²) in [5, 5.41) is 10.9. The van der Waals surface area contributed by atoms with Crippen LogP contribution in [0.1, 0.15) is 24.8 Å². The molecule has 1 fully saturated rings. The van der Waals surface area contributed by atoms with Crippen molar-refractivity contribution in [2.75, 3.05) is 23.7 Å². The zero-order chi connectivity index (χ0) is 15.7. The molecule has 0 saturated carbocycles. The van der Waals surface area contributed by atoms with E-state index in [2.05, 4.69) is 19.9 Å². The highest BCUT2D eigenvalue weighted by molar-refractivity contribution is 6.29. The number of nitrogen functional groups attached to an aromatic ring is 1. The Bertz CT molecular complexity index is 640. The summed E-state index contributed by atoms with van der Waals surface area (Å²) in [5.41, 5.74) is 5.66. The molecule has 2 aromatic heterocycles. The van der Waals surface area contributed by atoms with Crippen molar-refractivity contribution in [1.82, 2.24) is 19.5 Å². The first kappa shape index (κ1) is 15.1. The van der Waals surface area contributed by atoms with Crippen molar-refractivity contribution in [2.24, 2.45) is 13.0 Å². The van der Waals surface area contributed by atoms with Gasteiger partial charge in [0.15, 0.2) is 0 Å². The van der Waals surface area contributed by atoms with Crippen molar-refractivity contribution in [2.45, 2.75) is 18.9 Å². The molecule has 22 heavy (non-hydrogen) atoms. The average Bonchev–Trinajstić information content (AvgIpc) is 2.92. The topological polar surface area (TPSA) is 93.1 Å². The number of hydrogen-bond donors (Lipinski definition) is 2. The van der Waals surface area contributed by atoms with E-state index in [-0.39, 0.29) is 11.9 Å². The molecule has 3 rings (SSSR count). The van der Waals surface area contributed by atoms with Gasteiger partial charge in [-0.3, -0.25) is 0 Å². The Morgan fingerprint density at radius 3 is 2.95 bits per heavy atom. The maximum atomic E-state index is 10.6. The Kier molecular flexibility index (Phi) is 4.17. The number of anilines is 2. The van der Waals surface area contributed by atoms with Gasteiger partial charge >= 0.3 is 0 Å². The molecule has 118 valence electrons. The number of aliphatic hydroxyl groups excluding tert-OH is 1. The van der Waals surface area contributed by atoms with Crippen LogP contribution in [0.15, 0.2) is 18.5 Å². The fourth-order valence-electron chi connectivity index (χ4n) is 2.93. The van der Waals surface area contributed by atoms with Crippen molar-refractivity contribution >= 4 is 23.4 Å². The van der Waals surface area contributed by atoms with Gasteiger partial charge in [0.25, 0.3) is 0 Å². The third-order valence-electron chi connectivity index (χ3n) is 4.05. The van der Waals surface area contributed by atoms with Crippen LogP contribution in [0.2, 0.25) is 5.15 Å². The standard InChI is InChI=1S/C14H19ClN6O/c1-20-6-4-17-13(20)12(22)9-3-2-5-21(8-9)11-7-10(15)18-14(16)19-11/h4,6-7,9,12,22H,2-3,5,8H2,1H3,(H2,16,18,19). The monoisotopic (exact) mass is 322 g/mol. The lowest BCUT2D eigenvalue weighted by atomic mass is 9.92. The maximum absolute atomic E-state index is 10.6. The normalized spacial score (nSPS) is 20.1. The van der Waals surface area contributed by atoms with Crippen molar-refractivity contribution in [1.29, 1.82) is 0 Å². The Morgan fingerprint density at radius 2 is 2.27 bits per heavy atom. The Morgan fingerprint density at radius 1 is 1.45 bits per heavy atom. The fourth-order valence-corrected chi connectivity index (χ4v) is 3.12. The predicted molar refractivity (Wildman–Crippen MR) is 84.6 cm³/mol. The van der Waals surface area contributed by atoms with Crippen molar-refractivity contribution in [3.8, 4) is 0 Å². The molecule has 0 radical (unpaired) electrons. The van der Waals surface area contributed by atoms with Crippen LogP contribution in [0.3, 0.4) is 0 Å². The maximum Gasteiger partial charge on any atom is 0.223 e. The zero-order valence-electron chi connectivity index (χ0n) is 12.4. The smallest absolute Gasteiger partial charge is 0.223 e. The molecule has 2 atom stereocenters. The molecule has 1 saturated heterocycles. The van der Waals surface area contributed by atoms with E-state index in [4.69, 9.17) is 17.3 Å². The van der Waals surface area contributed by atoms with Crippen LogP contribution in [-0.2, 0) is 7.05 Å². The van der Waals surface area contributed by atoms with E-state index >= 15 is 0 Å². The van der Waals surface area contributed by atoms with Gasteiger partial charge in [-0.25, -0.2) is 9.97 Å². The molecule has 7 nitrogen and oxygen atoms in total. The van der Waals surface area contributed by atoms with Crippen LogP contribution in [0, 0.1) is 5.92 Å². The Labute approximate surface area is 133 Å². The second-order valence-electron chi connectivity index (χ2n) is 5.60. The summed E-state index contributed by atoms with van der Waals surface area (Å²) in [4.78, 5) is 14.4. The summed E-state index contributed by atoms with van der Waals surface area (Å²) >= 11 is 5.95. The number of nitrogens with two attached hydrogens (primary N) is 1. The van der Waals surface area contributed by atoms with Crippen LogP contribution in [0.4, 0.5) is 11.8 Å². The molecule has 1 aliphatic rings. The molecule has 1 aliphatic heterocycles.